The van der Waals surface area contributed by atoms with Crippen LogP contribution in [0, 0.1) is 12.8 Å². The molecule has 0 saturated carbocycles. The molecule has 1 aromatic carbocycles. The monoisotopic (exact) mass is 192 g/mol. The Labute approximate surface area is 86.8 Å². The summed E-state index contributed by atoms with van der Waals surface area (Å²) in [5.41, 5.74) is 2.28. The standard InChI is InChI=1S/C13H20O/c1-4-5-11(3)13(14)12-8-6-10(2)7-9-12/h6-9,11,13-14H,4-5H2,1-3H3. The Morgan fingerprint density at radius 3 is 2.29 bits per heavy atom. The molecule has 2 unspecified atom stereocenters. The summed E-state index contributed by atoms with van der Waals surface area (Å²) in [4.78, 5) is 0. The van der Waals surface area contributed by atoms with Gasteiger partial charge in [0.05, 0.1) is 6.10 Å². The zero-order valence-electron chi connectivity index (χ0n) is 9.33. The van der Waals surface area contributed by atoms with Crippen molar-refractivity contribution in [2.75, 3.05) is 0 Å². The molecule has 0 amide bonds. The molecular formula is C13H20O. The zero-order valence-corrected chi connectivity index (χ0v) is 9.33. The van der Waals surface area contributed by atoms with Crippen LogP contribution < -0.4 is 0 Å². The maximum Gasteiger partial charge on any atom is 0.0815 e. The first-order chi connectivity index (χ1) is 6.65. The van der Waals surface area contributed by atoms with Crippen molar-refractivity contribution in [2.45, 2.75) is 39.7 Å². The molecule has 0 fully saturated rings. The Bertz CT molecular complexity index is 263. The van der Waals surface area contributed by atoms with Crippen molar-refractivity contribution in [3.63, 3.8) is 0 Å². The van der Waals surface area contributed by atoms with Crippen LogP contribution in [0.3, 0.4) is 0 Å². The lowest BCUT2D eigenvalue weighted by Crippen LogP contribution is -2.08. The van der Waals surface area contributed by atoms with Gasteiger partial charge < -0.3 is 5.11 Å². The first-order valence-electron chi connectivity index (χ1n) is 5.39. The molecular weight excluding hydrogens is 172 g/mol. The Hall–Kier alpha value is -0.820. The number of aryl methyl sites for hydroxylation is 1. The first kappa shape index (κ1) is 11.3. The van der Waals surface area contributed by atoms with Gasteiger partial charge in [-0.3, -0.25) is 0 Å². The highest BCUT2D eigenvalue weighted by atomic mass is 16.3. The van der Waals surface area contributed by atoms with E-state index in [4.69, 9.17) is 0 Å². The average molecular weight is 192 g/mol. The molecule has 78 valence electrons. The smallest absolute Gasteiger partial charge is 0.0815 e. The van der Waals surface area contributed by atoms with E-state index >= 15 is 0 Å². The number of rotatable bonds is 4. The van der Waals surface area contributed by atoms with Gasteiger partial charge in [0.1, 0.15) is 0 Å². The molecule has 0 aromatic heterocycles. The van der Waals surface area contributed by atoms with Gasteiger partial charge in [0.15, 0.2) is 0 Å². The zero-order chi connectivity index (χ0) is 10.6. The van der Waals surface area contributed by atoms with Crippen molar-refractivity contribution in [1.29, 1.82) is 0 Å². The van der Waals surface area contributed by atoms with E-state index in [1.165, 1.54) is 5.56 Å². The lowest BCUT2D eigenvalue weighted by molar-refractivity contribution is 0.112. The highest BCUT2D eigenvalue weighted by Crippen LogP contribution is 2.25. The van der Waals surface area contributed by atoms with Gasteiger partial charge >= 0.3 is 0 Å². The van der Waals surface area contributed by atoms with Crippen LogP contribution in [-0.2, 0) is 0 Å². The molecule has 1 heteroatoms. The molecule has 1 N–H and O–H groups in total. The SMILES string of the molecule is CCCC(C)C(O)c1ccc(C)cc1. The normalized spacial score (nSPS) is 15.1. The first-order valence-corrected chi connectivity index (χ1v) is 5.39. The van der Waals surface area contributed by atoms with Crippen LogP contribution in [-0.4, -0.2) is 5.11 Å². The molecule has 2 atom stereocenters. The fourth-order valence-corrected chi connectivity index (χ4v) is 1.71. The minimum Gasteiger partial charge on any atom is -0.388 e. The molecule has 0 radical (unpaired) electrons. The van der Waals surface area contributed by atoms with E-state index in [0.717, 1.165) is 18.4 Å². The van der Waals surface area contributed by atoms with Gasteiger partial charge in [-0.15, -0.1) is 0 Å². The summed E-state index contributed by atoms with van der Waals surface area (Å²) in [5.74, 6) is 0.350. The van der Waals surface area contributed by atoms with Crippen LogP contribution in [0.25, 0.3) is 0 Å². The van der Waals surface area contributed by atoms with E-state index in [-0.39, 0.29) is 6.10 Å². The molecule has 0 aliphatic carbocycles. The molecule has 0 spiro atoms. The van der Waals surface area contributed by atoms with E-state index in [0.29, 0.717) is 5.92 Å². The summed E-state index contributed by atoms with van der Waals surface area (Å²) in [5, 5.41) is 10.0. The van der Waals surface area contributed by atoms with E-state index < -0.39 is 0 Å². The molecule has 0 bridgehead atoms. The minimum atomic E-state index is -0.310. The molecule has 1 aromatic rings. The Balaban J connectivity index is 2.68. The van der Waals surface area contributed by atoms with Gasteiger partial charge in [-0.2, -0.15) is 0 Å². The molecule has 14 heavy (non-hydrogen) atoms. The summed E-state index contributed by atoms with van der Waals surface area (Å²) in [7, 11) is 0. The van der Waals surface area contributed by atoms with Crippen molar-refractivity contribution in [3.05, 3.63) is 35.4 Å². The third kappa shape index (κ3) is 2.85. The molecule has 0 saturated heterocycles. The number of hydrogen-bond donors (Lipinski definition) is 1. The van der Waals surface area contributed by atoms with Crippen molar-refractivity contribution in [3.8, 4) is 0 Å². The van der Waals surface area contributed by atoms with Gasteiger partial charge in [-0.05, 0) is 24.8 Å². The predicted octanol–water partition coefficient (Wildman–Crippen LogP) is 3.46. The maximum atomic E-state index is 10.0. The summed E-state index contributed by atoms with van der Waals surface area (Å²) in [6.07, 6.45) is 1.90. The van der Waals surface area contributed by atoms with E-state index in [9.17, 15) is 5.11 Å². The predicted molar refractivity (Wildman–Crippen MR) is 60.2 cm³/mol. The highest BCUT2D eigenvalue weighted by molar-refractivity contribution is 5.23. The Morgan fingerprint density at radius 2 is 1.79 bits per heavy atom. The van der Waals surface area contributed by atoms with Crippen LogP contribution in [0.1, 0.15) is 43.9 Å². The van der Waals surface area contributed by atoms with Crippen LogP contribution in [0.5, 0.6) is 0 Å². The van der Waals surface area contributed by atoms with Crippen molar-refractivity contribution < 1.29 is 5.11 Å². The van der Waals surface area contributed by atoms with Crippen LogP contribution in [0.2, 0.25) is 0 Å². The fraction of sp³-hybridized carbons (Fsp3) is 0.538. The van der Waals surface area contributed by atoms with E-state index in [1.807, 2.05) is 12.1 Å². The topological polar surface area (TPSA) is 20.2 Å². The van der Waals surface area contributed by atoms with Crippen molar-refractivity contribution in [1.82, 2.24) is 0 Å². The quantitative estimate of drug-likeness (QED) is 0.774. The fourth-order valence-electron chi connectivity index (χ4n) is 1.71. The van der Waals surface area contributed by atoms with Crippen molar-refractivity contribution in [2.24, 2.45) is 5.92 Å². The molecule has 0 heterocycles. The minimum absolute atomic E-state index is 0.310. The van der Waals surface area contributed by atoms with Gasteiger partial charge in [0.2, 0.25) is 0 Å². The van der Waals surface area contributed by atoms with Crippen LogP contribution >= 0.6 is 0 Å². The molecule has 1 rings (SSSR count). The second-order valence-electron chi connectivity index (χ2n) is 4.12. The summed E-state index contributed by atoms with van der Waals surface area (Å²) >= 11 is 0. The van der Waals surface area contributed by atoms with Crippen LogP contribution in [0.4, 0.5) is 0 Å². The van der Waals surface area contributed by atoms with Gasteiger partial charge in [-0.1, -0.05) is 50.1 Å². The summed E-state index contributed by atoms with van der Waals surface area (Å²) in [6.45, 7) is 6.32. The molecule has 0 aliphatic rings. The largest absolute Gasteiger partial charge is 0.388 e. The molecule has 1 nitrogen and oxygen atoms in total. The Kier molecular flexibility index (Phi) is 4.15. The highest BCUT2D eigenvalue weighted by Gasteiger charge is 2.14. The number of benzene rings is 1. The maximum absolute atomic E-state index is 10.0. The number of aliphatic hydroxyl groups excluding tert-OH is 1. The van der Waals surface area contributed by atoms with E-state index in [2.05, 4.69) is 32.9 Å². The van der Waals surface area contributed by atoms with Gasteiger partial charge in [0, 0.05) is 0 Å². The second kappa shape index (κ2) is 5.16. The third-order valence-corrected chi connectivity index (χ3v) is 2.70. The second-order valence-corrected chi connectivity index (χ2v) is 4.12. The van der Waals surface area contributed by atoms with Gasteiger partial charge in [-0.25, -0.2) is 0 Å². The summed E-state index contributed by atoms with van der Waals surface area (Å²) < 4.78 is 0. The molecule has 0 aliphatic heterocycles. The Morgan fingerprint density at radius 1 is 1.21 bits per heavy atom. The summed E-state index contributed by atoms with van der Waals surface area (Å²) in [6, 6.07) is 8.15. The van der Waals surface area contributed by atoms with Crippen LogP contribution in [0.15, 0.2) is 24.3 Å². The van der Waals surface area contributed by atoms with Crippen molar-refractivity contribution >= 4 is 0 Å². The lowest BCUT2D eigenvalue weighted by atomic mass is 9.93. The number of aliphatic hydroxyl groups is 1. The van der Waals surface area contributed by atoms with Gasteiger partial charge in [0.25, 0.3) is 0 Å². The average Bonchev–Trinajstić information content (AvgIpc) is 2.18. The van der Waals surface area contributed by atoms with E-state index in [1.54, 1.807) is 0 Å². The lowest BCUT2D eigenvalue weighted by Gasteiger charge is -2.18. The third-order valence-electron chi connectivity index (χ3n) is 2.70. The number of hydrogen-bond acceptors (Lipinski definition) is 1.